The fraction of sp³-hybridized carbons (Fsp3) is 0.0333. The van der Waals surface area contributed by atoms with Gasteiger partial charge in [-0.1, -0.05) is 48.5 Å². The zero-order valence-corrected chi connectivity index (χ0v) is 18.0. The summed E-state index contributed by atoms with van der Waals surface area (Å²) in [6.45, 7) is 2.07. The Bertz CT molecular complexity index is 2020. The molecule has 33 heavy (non-hydrogen) atoms. The van der Waals surface area contributed by atoms with Crippen molar-refractivity contribution in [3.8, 4) is 11.3 Å². The van der Waals surface area contributed by atoms with Crippen molar-refractivity contribution < 1.29 is 4.42 Å². The third kappa shape index (κ3) is 2.12. The maximum Gasteiger partial charge on any atom is 0.145 e. The topological polar surface area (TPSA) is 30.4 Å². The molecule has 0 aliphatic rings. The first kappa shape index (κ1) is 17.2. The number of pyridine rings is 1. The smallest absolute Gasteiger partial charge is 0.145 e. The minimum absolute atomic E-state index is 0.932. The Morgan fingerprint density at radius 3 is 2.39 bits per heavy atom. The lowest BCUT2D eigenvalue weighted by atomic mass is 10.0. The Morgan fingerprint density at radius 2 is 1.52 bits per heavy atom. The van der Waals surface area contributed by atoms with Gasteiger partial charge in [-0.25, -0.2) is 0 Å². The molecule has 4 heterocycles. The number of para-hydroxylation sites is 2. The summed E-state index contributed by atoms with van der Waals surface area (Å²) in [7, 11) is 0. The number of aromatic nitrogens is 2. The lowest BCUT2D eigenvalue weighted by Gasteiger charge is -2.03. The van der Waals surface area contributed by atoms with Crippen molar-refractivity contribution in [1.82, 2.24) is 9.38 Å². The summed E-state index contributed by atoms with van der Waals surface area (Å²) in [4.78, 5) is 4.67. The van der Waals surface area contributed by atoms with Crippen LogP contribution in [0.5, 0.6) is 0 Å². The normalized spacial score (nSPS) is 12.4. The molecule has 0 N–H and O–H groups in total. The Balaban J connectivity index is 1.62. The summed E-state index contributed by atoms with van der Waals surface area (Å²) in [6.07, 6.45) is 1.93. The first-order chi connectivity index (χ1) is 16.3. The lowest BCUT2D eigenvalue weighted by Crippen LogP contribution is -1.85. The summed E-state index contributed by atoms with van der Waals surface area (Å²) in [5.74, 6) is 0. The second kappa shape index (κ2) is 5.90. The largest absolute Gasteiger partial charge is 0.455 e. The van der Waals surface area contributed by atoms with Crippen LogP contribution in [0.1, 0.15) is 5.56 Å². The van der Waals surface area contributed by atoms with Crippen LogP contribution in [0.15, 0.2) is 95.5 Å². The van der Waals surface area contributed by atoms with Crippen molar-refractivity contribution >= 4 is 60.0 Å². The van der Waals surface area contributed by atoms with Gasteiger partial charge in [-0.2, -0.15) is 0 Å². The summed E-state index contributed by atoms with van der Waals surface area (Å²) < 4.78 is 8.85. The number of hydrogen-bond donors (Lipinski definition) is 0. The number of fused-ring (bicyclic) bond motifs is 10. The van der Waals surface area contributed by atoms with Crippen LogP contribution in [0, 0.1) is 6.92 Å². The maximum absolute atomic E-state index is 6.45. The second-order valence-electron chi connectivity index (χ2n) is 8.93. The first-order valence-electron chi connectivity index (χ1n) is 11.2. The van der Waals surface area contributed by atoms with Gasteiger partial charge in [0.1, 0.15) is 11.2 Å². The molecule has 4 aromatic heterocycles. The SMILES string of the molecule is Cc1ccc(-c2ccc3c(c2)c2cc4c5ccccc5oc4c4c5ccccc5n3c24)nc1. The van der Waals surface area contributed by atoms with Crippen molar-refractivity contribution in [3.63, 3.8) is 0 Å². The number of rotatable bonds is 1. The van der Waals surface area contributed by atoms with Crippen LogP contribution in [-0.2, 0) is 0 Å². The van der Waals surface area contributed by atoms with E-state index in [2.05, 4.69) is 95.2 Å². The highest BCUT2D eigenvalue weighted by atomic mass is 16.3. The average molecular weight is 422 g/mol. The molecule has 8 rings (SSSR count). The third-order valence-corrected chi connectivity index (χ3v) is 7.01. The van der Waals surface area contributed by atoms with E-state index in [1.54, 1.807) is 0 Å². The second-order valence-corrected chi connectivity index (χ2v) is 8.93. The Kier molecular flexibility index (Phi) is 3.08. The molecule has 4 aromatic carbocycles. The monoisotopic (exact) mass is 422 g/mol. The summed E-state index contributed by atoms with van der Waals surface area (Å²) in [6, 6.07) is 30.2. The van der Waals surface area contributed by atoms with E-state index in [-0.39, 0.29) is 0 Å². The van der Waals surface area contributed by atoms with E-state index in [1.165, 1.54) is 49.0 Å². The molecule has 0 aliphatic heterocycles. The van der Waals surface area contributed by atoms with Gasteiger partial charge in [0, 0.05) is 38.7 Å². The van der Waals surface area contributed by atoms with Crippen molar-refractivity contribution in [1.29, 1.82) is 0 Å². The molecule has 0 bridgehead atoms. The van der Waals surface area contributed by atoms with Gasteiger partial charge in [0.2, 0.25) is 0 Å². The van der Waals surface area contributed by atoms with Crippen LogP contribution in [0.2, 0.25) is 0 Å². The van der Waals surface area contributed by atoms with E-state index in [1.807, 2.05) is 12.3 Å². The predicted molar refractivity (Wildman–Crippen MR) is 136 cm³/mol. The van der Waals surface area contributed by atoms with Gasteiger partial charge >= 0.3 is 0 Å². The predicted octanol–water partition coefficient (Wildman–Crippen LogP) is 8.11. The third-order valence-electron chi connectivity index (χ3n) is 7.01. The summed E-state index contributed by atoms with van der Waals surface area (Å²) in [5.41, 5.74) is 8.85. The molecule has 0 spiro atoms. The maximum atomic E-state index is 6.45. The highest BCUT2D eigenvalue weighted by Crippen LogP contribution is 2.45. The molecule has 0 unspecified atom stereocenters. The molecule has 3 heteroatoms. The fourth-order valence-corrected chi connectivity index (χ4v) is 5.53. The van der Waals surface area contributed by atoms with E-state index < -0.39 is 0 Å². The molecule has 0 radical (unpaired) electrons. The van der Waals surface area contributed by atoms with Crippen molar-refractivity contribution in [3.05, 3.63) is 96.7 Å². The van der Waals surface area contributed by atoms with Crippen LogP contribution in [0.3, 0.4) is 0 Å². The van der Waals surface area contributed by atoms with Crippen LogP contribution >= 0.6 is 0 Å². The molecule has 0 saturated carbocycles. The van der Waals surface area contributed by atoms with Crippen LogP contribution < -0.4 is 0 Å². The van der Waals surface area contributed by atoms with E-state index in [9.17, 15) is 0 Å². The average Bonchev–Trinajstić information content (AvgIpc) is 3.50. The number of aryl methyl sites for hydroxylation is 1. The van der Waals surface area contributed by atoms with E-state index in [4.69, 9.17) is 4.42 Å². The van der Waals surface area contributed by atoms with Gasteiger partial charge in [0.15, 0.2) is 0 Å². The zero-order valence-electron chi connectivity index (χ0n) is 18.0. The molecule has 0 aliphatic carbocycles. The Hall–Kier alpha value is -4.37. The van der Waals surface area contributed by atoms with Gasteiger partial charge in [0.05, 0.1) is 27.6 Å². The summed E-state index contributed by atoms with van der Waals surface area (Å²) in [5, 5.41) is 7.25. The quantitative estimate of drug-likeness (QED) is 0.267. The van der Waals surface area contributed by atoms with Crippen LogP contribution in [0.4, 0.5) is 0 Å². The molecular weight excluding hydrogens is 404 g/mol. The van der Waals surface area contributed by atoms with Gasteiger partial charge in [-0.05, 0) is 48.9 Å². The van der Waals surface area contributed by atoms with Crippen molar-refractivity contribution in [2.24, 2.45) is 0 Å². The Labute approximate surface area is 188 Å². The minimum atomic E-state index is 0.932. The summed E-state index contributed by atoms with van der Waals surface area (Å²) >= 11 is 0. The van der Waals surface area contributed by atoms with Crippen molar-refractivity contribution in [2.45, 2.75) is 6.92 Å². The minimum Gasteiger partial charge on any atom is -0.455 e. The van der Waals surface area contributed by atoms with Gasteiger partial charge in [-0.3, -0.25) is 4.98 Å². The standard InChI is InChI=1S/C30H18N2O/c1-17-10-12-24(31-16-17)18-11-13-26-21(14-18)22-15-23-19-6-3-5-9-27(19)33-30(23)28-20-7-2-4-8-25(20)32(26)29(22)28/h2-16H,1H3. The van der Waals surface area contributed by atoms with Crippen LogP contribution in [0.25, 0.3) is 71.3 Å². The molecule has 3 nitrogen and oxygen atoms in total. The highest BCUT2D eigenvalue weighted by molar-refractivity contribution is 6.32. The number of furan rings is 1. The molecule has 0 fully saturated rings. The first-order valence-corrected chi connectivity index (χ1v) is 11.2. The molecule has 0 saturated heterocycles. The number of nitrogens with zero attached hydrogens (tertiary/aromatic N) is 2. The molecule has 8 aromatic rings. The fourth-order valence-electron chi connectivity index (χ4n) is 5.53. The van der Waals surface area contributed by atoms with Crippen molar-refractivity contribution in [2.75, 3.05) is 0 Å². The number of benzene rings is 4. The van der Waals surface area contributed by atoms with E-state index in [0.717, 1.165) is 27.8 Å². The molecule has 0 amide bonds. The molecule has 154 valence electrons. The zero-order chi connectivity index (χ0) is 21.7. The molecule has 0 atom stereocenters. The van der Waals surface area contributed by atoms with Crippen LogP contribution in [-0.4, -0.2) is 9.38 Å². The highest BCUT2D eigenvalue weighted by Gasteiger charge is 2.22. The van der Waals surface area contributed by atoms with Gasteiger partial charge < -0.3 is 8.82 Å². The lowest BCUT2D eigenvalue weighted by molar-refractivity contribution is 0.673. The molecular formula is C30H18N2O. The van der Waals surface area contributed by atoms with Gasteiger partial charge in [0.25, 0.3) is 0 Å². The Morgan fingerprint density at radius 1 is 0.697 bits per heavy atom. The van der Waals surface area contributed by atoms with E-state index >= 15 is 0 Å². The van der Waals surface area contributed by atoms with E-state index in [0.29, 0.717) is 0 Å². The number of hydrogen-bond acceptors (Lipinski definition) is 2. The van der Waals surface area contributed by atoms with Gasteiger partial charge in [-0.15, -0.1) is 0 Å².